The van der Waals surface area contributed by atoms with Gasteiger partial charge in [-0.15, -0.1) is 0 Å². The number of nitrogen functional groups attached to an aromatic ring is 1. The molecule has 2 rings (SSSR count). The molecule has 2 aromatic heterocycles. The smallest absolute Gasteiger partial charge is 0.341 e. The molecule has 0 aromatic carbocycles. The summed E-state index contributed by atoms with van der Waals surface area (Å²) in [7, 11) is 1.33. The van der Waals surface area contributed by atoms with Gasteiger partial charge < -0.3 is 10.5 Å². The average molecular weight is 274 g/mol. The number of aryl methyl sites for hydroxylation is 1. The van der Waals surface area contributed by atoms with E-state index in [0.717, 1.165) is 23.4 Å². The Morgan fingerprint density at radius 1 is 1.45 bits per heavy atom. The second-order valence-electron chi connectivity index (χ2n) is 4.55. The van der Waals surface area contributed by atoms with Crippen molar-refractivity contribution >= 4 is 11.7 Å². The molecule has 0 spiro atoms. The molecular formula is C14H18N4O2. The number of anilines is 1. The summed E-state index contributed by atoms with van der Waals surface area (Å²) in [6.45, 7) is 5.97. The first-order valence-electron chi connectivity index (χ1n) is 6.38. The van der Waals surface area contributed by atoms with Gasteiger partial charge in [0.05, 0.1) is 24.7 Å². The highest BCUT2D eigenvalue weighted by Crippen LogP contribution is 2.21. The van der Waals surface area contributed by atoms with Crippen molar-refractivity contribution in [3.8, 4) is 5.82 Å². The van der Waals surface area contributed by atoms with Gasteiger partial charge in [-0.2, -0.15) is 5.10 Å². The van der Waals surface area contributed by atoms with Crippen molar-refractivity contribution in [2.75, 3.05) is 12.8 Å². The lowest BCUT2D eigenvalue weighted by molar-refractivity contribution is 0.0600. The van der Waals surface area contributed by atoms with E-state index in [0.29, 0.717) is 17.1 Å². The molecule has 0 radical (unpaired) electrons. The maximum atomic E-state index is 11.9. The number of nitrogens with zero attached hydrogens (tertiary/aromatic N) is 3. The molecule has 0 aliphatic carbocycles. The zero-order chi connectivity index (χ0) is 14.9. The van der Waals surface area contributed by atoms with Crippen LogP contribution in [-0.4, -0.2) is 27.8 Å². The molecule has 6 nitrogen and oxygen atoms in total. The summed E-state index contributed by atoms with van der Waals surface area (Å²) in [4.78, 5) is 16.1. The number of ether oxygens (including phenoxy) is 1. The lowest BCUT2D eigenvalue weighted by Crippen LogP contribution is -2.12. The third-order valence-electron chi connectivity index (χ3n) is 3.29. The van der Waals surface area contributed by atoms with Crippen LogP contribution in [0.1, 0.15) is 34.2 Å². The summed E-state index contributed by atoms with van der Waals surface area (Å²) in [6, 6.07) is 1.55. The van der Waals surface area contributed by atoms with E-state index in [9.17, 15) is 4.79 Å². The van der Waals surface area contributed by atoms with Crippen LogP contribution in [0.5, 0.6) is 0 Å². The van der Waals surface area contributed by atoms with Crippen molar-refractivity contribution in [3.63, 3.8) is 0 Å². The number of esters is 1. The van der Waals surface area contributed by atoms with E-state index in [1.165, 1.54) is 13.3 Å². The van der Waals surface area contributed by atoms with Gasteiger partial charge in [-0.3, -0.25) is 0 Å². The average Bonchev–Trinajstić information content (AvgIpc) is 2.72. The molecule has 106 valence electrons. The largest absolute Gasteiger partial charge is 0.465 e. The maximum absolute atomic E-state index is 11.9. The predicted octanol–water partition coefficient (Wildman–Crippen LogP) is 1.82. The van der Waals surface area contributed by atoms with Crippen LogP contribution in [0.3, 0.4) is 0 Å². The summed E-state index contributed by atoms with van der Waals surface area (Å²) < 4.78 is 6.45. The molecule has 6 heteroatoms. The van der Waals surface area contributed by atoms with Crippen LogP contribution in [0.4, 0.5) is 5.69 Å². The third kappa shape index (κ3) is 2.24. The van der Waals surface area contributed by atoms with Crippen LogP contribution in [0.25, 0.3) is 5.82 Å². The zero-order valence-corrected chi connectivity index (χ0v) is 12.1. The summed E-state index contributed by atoms with van der Waals surface area (Å²) >= 11 is 0. The van der Waals surface area contributed by atoms with Gasteiger partial charge in [-0.25, -0.2) is 14.5 Å². The van der Waals surface area contributed by atoms with Gasteiger partial charge in [0.25, 0.3) is 0 Å². The molecule has 0 fully saturated rings. The number of nitrogens with two attached hydrogens (primary N) is 1. The molecule has 0 amide bonds. The second kappa shape index (κ2) is 5.32. The fourth-order valence-electron chi connectivity index (χ4n) is 2.30. The first-order valence-corrected chi connectivity index (χ1v) is 6.38. The van der Waals surface area contributed by atoms with Crippen LogP contribution in [-0.2, 0) is 11.2 Å². The highest BCUT2D eigenvalue weighted by Gasteiger charge is 2.19. The molecule has 20 heavy (non-hydrogen) atoms. The van der Waals surface area contributed by atoms with Gasteiger partial charge in [0, 0.05) is 5.69 Å². The zero-order valence-electron chi connectivity index (χ0n) is 12.1. The fourth-order valence-corrected chi connectivity index (χ4v) is 2.30. The summed E-state index contributed by atoms with van der Waals surface area (Å²) in [6.07, 6.45) is 2.38. The quantitative estimate of drug-likeness (QED) is 0.863. The SMILES string of the molecule is CCc1c(C)nn(-c2ncc(N)cc2C(=O)OC)c1C. The Balaban J connectivity index is 2.67. The standard InChI is InChI=1S/C14H18N4O2/c1-5-11-8(2)17-18(9(11)3)13-12(14(19)20-4)6-10(15)7-16-13/h6-7H,5,15H2,1-4H3. The third-order valence-corrected chi connectivity index (χ3v) is 3.29. The van der Waals surface area contributed by atoms with E-state index in [1.807, 2.05) is 13.8 Å². The summed E-state index contributed by atoms with van der Waals surface area (Å²) in [5.41, 5.74) is 9.46. The van der Waals surface area contributed by atoms with Gasteiger partial charge in [-0.05, 0) is 31.9 Å². The van der Waals surface area contributed by atoms with E-state index in [2.05, 4.69) is 17.0 Å². The number of pyridine rings is 1. The Kier molecular flexibility index (Phi) is 3.74. The van der Waals surface area contributed by atoms with Gasteiger partial charge in [0.15, 0.2) is 5.82 Å². The van der Waals surface area contributed by atoms with Gasteiger partial charge in [0.2, 0.25) is 0 Å². The Bertz CT molecular complexity index is 661. The predicted molar refractivity (Wildman–Crippen MR) is 76.0 cm³/mol. The maximum Gasteiger partial charge on any atom is 0.341 e. The van der Waals surface area contributed by atoms with Crippen LogP contribution in [0.2, 0.25) is 0 Å². The highest BCUT2D eigenvalue weighted by molar-refractivity contribution is 5.93. The summed E-state index contributed by atoms with van der Waals surface area (Å²) in [5, 5.41) is 4.46. The summed E-state index contributed by atoms with van der Waals surface area (Å²) in [5.74, 6) is -0.0447. The van der Waals surface area contributed by atoms with Gasteiger partial charge in [0.1, 0.15) is 5.56 Å². The number of rotatable bonds is 3. The van der Waals surface area contributed by atoms with Crippen molar-refractivity contribution < 1.29 is 9.53 Å². The molecule has 0 atom stereocenters. The van der Waals surface area contributed by atoms with Crippen molar-refractivity contribution in [2.24, 2.45) is 0 Å². The second-order valence-corrected chi connectivity index (χ2v) is 4.55. The highest BCUT2D eigenvalue weighted by atomic mass is 16.5. The lowest BCUT2D eigenvalue weighted by atomic mass is 10.1. The molecule has 0 aliphatic rings. The van der Waals surface area contributed by atoms with Crippen molar-refractivity contribution in [2.45, 2.75) is 27.2 Å². The Morgan fingerprint density at radius 2 is 2.15 bits per heavy atom. The van der Waals surface area contributed by atoms with Crippen molar-refractivity contribution in [1.29, 1.82) is 0 Å². The minimum absolute atomic E-state index is 0.306. The molecule has 2 heterocycles. The van der Waals surface area contributed by atoms with Crippen molar-refractivity contribution in [1.82, 2.24) is 14.8 Å². The van der Waals surface area contributed by atoms with Crippen molar-refractivity contribution in [3.05, 3.63) is 34.8 Å². The molecule has 2 N–H and O–H groups in total. The molecule has 2 aromatic rings. The Labute approximate surface area is 117 Å². The lowest BCUT2D eigenvalue weighted by Gasteiger charge is -2.09. The van der Waals surface area contributed by atoms with Crippen LogP contribution < -0.4 is 5.73 Å². The Morgan fingerprint density at radius 3 is 2.70 bits per heavy atom. The van der Waals surface area contributed by atoms with E-state index >= 15 is 0 Å². The molecule has 0 bridgehead atoms. The first-order chi connectivity index (χ1) is 9.49. The number of hydrogen-bond acceptors (Lipinski definition) is 5. The van der Waals surface area contributed by atoms with E-state index in [4.69, 9.17) is 10.5 Å². The number of aromatic nitrogens is 3. The van der Waals surface area contributed by atoms with Crippen LogP contribution in [0.15, 0.2) is 12.3 Å². The molecule has 0 saturated carbocycles. The van der Waals surface area contributed by atoms with E-state index in [1.54, 1.807) is 10.7 Å². The topological polar surface area (TPSA) is 83.0 Å². The minimum Gasteiger partial charge on any atom is -0.465 e. The number of carbonyl (C=O) groups is 1. The van der Waals surface area contributed by atoms with Gasteiger partial charge >= 0.3 is 5.97 Å². The molecule has 0 aliphatic heterocycles. The van der Waals surface area contributed by atoms with E-state index < -0.39 is 5.97 Å². The van der Waals surface area contributed by atoms with Crippen LogP contribution in [0, 0.1) is 13.8 Å². The Hall–Kier alpha value is -2.37. The minimum atomic E-state index is -0.481. The number of carbonyl (C=O) groups excluding carboxylic acids is 1. The van der Waals surface area contributed by atoms with Crippen LogP contribution >= 0.6 is 0 Å². The normalized spacial score (nSPS) is 10.6. The molecule has 0 unspecified atom stereocenters. The monoisotopic (exact) mass is 274 g/mol. The first kappa shape index (κ1) is 14.0. The van der Waals surface area contributed by atoms with E-state index in [-0.39, 0.29) is 0 Å². The number of hydrogen-bond donors (Lipinski definition) is 1. The number of methoxy groups -OCH3 is 1. The molecular weight excluding hydrogens is 256 g/mol. The fraction of sp³-hybridized carbons (Fsp3) is 0.357. The van der Waals surface area contributed by atoms with Gasteiger partial charge in [-0.1, -0.05) is 6.92 Å². The molecule has 0 saturated heterocycles.